The Balaban J connectivity index is 1.89. The van der Waals surface area contributed by atoms with Crippen LogP contribution in [-0.2, 0) is 0 Å². The Labute approximate surface area is 131 Å². The van der Waals surface area contributed by atoms with E-state index in [0.717, 1.165) is 5.56 Å². The van der Waals surface area contributed by atoms with Crippen molar-refractivity contribution in [3.8, 4) is 11.5 Å². The van der Waals surface area contributed by atoms with Crippen LogP contribution in [-0.4, -0.2) is 12.7 Å². The molecule has 1 heterocycles. The van der Waals surface area contributed by atoms with Crippen LogP contribution in [0.3, 0.4) is 0 Å². The highest BCUT2D eigenvalue weighted by Crippen LogP contribution is 2.40. The van der Waals surface area contributed by atoms with Gasteiger partial charge in [-0.2, -0.15) is 0 Å². The average molecular weight is 324 g/mol. The lowest BCUT2D eigenvalue weighted by Gasteiger charge is -2.10. The largest absolute Gasteiger partial charge is 0.454 e. The van der Waals surface area contributed by atoms with E-state index in [1.54, 1.807) is 30.3 Å². The monoisotopic (exact) mass is 323 g/mol. The molecule has 3 rings (SSSR count). The second kappa shape index (κ2) is 5.47. The van der Waals surface area contributed by atoms with Gasteiger partial charge in [0.05, 0.1) is 5.02 Å². The van der Waals surface area contributed by atoms with Crippen LogP contribution in [0.1, 0.15) is 15.9 Å². The number of fused-ring (bicyclic) bond motifs is 1. The molecule has 0 saturated carbocycles. The van der Waals surface area contributed by atoms with Gasteiger partial charge in [0, 0.05) is 16.3 Å². The molecule has 0 aromatic heterocycles. The van der Waals surface area contributed by atoms with Crippen molar-refractivity contribution in [2.75, 3.05) is 12.1 Å². The summed E-state index contributed by atoms with van der Waals surface area (Å²) >= 11 is 12.1. The molecule has 4 nitrogen and oxygen atoms in total. The van der Waals surface area contributed by atoms with Gasteiger partial charge >= 0.3 is 0 Å². The lowest BCUT2D eigenvalue weighted by atomic mass is 10.1. The third kappa shape index (κ3) is 2.64. The fourth-order valence-electron chi connectivity index (χ4n) is 2.04. The molecule has 1 aliphatic rings. The smallest absolute Gasteiger partial charge is 0.255 e. The van der Waals surface area contributed by atoms with Crippen LogP contribution in [0.15, 0.2) is 30.3 Å². The van der Waals surface area contributed by atoms with Gasteiger partial charge in [-0.25, -0.2) is 0 Å². The maximum absolute atomic E-state index is 12.3. The molecule has 0 unspecified atom stereocenters. The topological polar surface area (TPSA) is 47.6 Å². The molecule has 0 bridgehead atoms. The second-order valence-corrected chi connectivity index (χ2v) is 5.37. The molecule has 1 N–H and O–H groups in total. The minimum absolute atomic E-state index is 0.105. The summed E-state index contributed by atoms with van der Waals surface area (Å²) in [6, 6.07) is 8.48. The number of hydrogen-bond donors (Lipinski definition) is 1. The zero-order chi connectivity index (χ0) is 15.0. The van der Waals surface area contributed by atoms with Crippen molar-refractivity contribution in [1.82, 2.24) is 0 Å². The normalized spacial score (nSPS) is 12.3. The Bertz CT molecular complexity index is 731. The molecule has 1 aliphatic heterocycles. The molecule has 6 heteroatoms. The standard InChI is InChI=1S/C15H11Cl2NO3/c1-8-10(16)3-2-4-12(8)18-15(19)9-5-11(17)14-13(6-9)20-7-21-14/h2-6H,7H2,1H3,(H,18,19). The predicted molar refractivity (Wildman–Crippen MR) is 81.7 cm³/mol. The molecule has 0 atom stereocenters. The third-order valence-corrected chi connectivity index (χ3v) is 3.90. The van der Waals surface area contributed by atoms with Gasteiger partial charge in [0.25, 0.3) is 5.91 Å². The highest BCUT2D eigenvalue weighted by molar-refractivity contribution is 6.33. The molecule has 0 saturated heterocycles. The summed E-state index contributed by atoms with van der Waals surface area (Å²) in [7, 11) is 0. The molecule has 0 radical (unpaired) electrons. The fourth-order valence-corrected chi connectivity index (χ4v) is 2.48. The number of anilines is 1. The summed E-state index contributed by atoms with van der Waals surface area (Å²) in [6.07, 6.45) is 0. The van der Waals surface area contributed by atoms with Crippen molar-refractivity contribution in [3.05, 3.63) is 51.5 Å². The van der Waals surface area contributed by atoms with E-state index >= 15 is 0 Å². The van der Waals surface area contributed by atoms with Crippen LogP contribution in [0, 0.1) is 6.92 Å². The van der Waals surface area contributed by atoms with Crippen LogP contribution < -0.4 is 14.8 Å². The van der Waals surface area contributed by atoms with Crippen LogP contribution in [0.25, 0.3) is 0 Å². The molecule has 108 valence electrons. The highest BCUT2D eigenvalue weighted by Gasteiger charge is 2.21. The summed E-state index contributed by atoms with van der Waals surface area (Å²) in [5, 5.41) is 3.75. The van der Waals surface area contributed by atoms with E-state index in [0.29, 0.717) is 32.8 Å². The van der Waals surface area contributed by atoms with Crippen LogP contribution in [0.4, 0.5) is 5.69 Å². The summed E-state index contributed by atoms with van der Waals surface area (Å²) in [6.45, 7) is 1.94. The Morgan fingerprint density at radius 2 is 2.00 bits per heavy atom. The summed E-state index contributed by atoms with van der Waals surface area (Å²) < 4.78 is 10.5. The predicted octanol–water partition coefficient (Wildman–Crippen LogP) is 4.28. The van der Waals surface area contributed by atoms with Crippen molar-refractivity contribution in [2.45, 2.75) is 6.92 Å². The van der Waals surface area contributed by atoms with Crippen molar-refractivity contribution in [2.24, 2.45) is 0 Å². The summed E-state index contributed by atoms with van der Waals surface area (Å²) in [4.78, 5) is 12.3. The Morgan fingerprint density at radius 3 is 2.81 bits per heavy atom. The fraction of sp³-hybridized carbons (Fsp3) is 0.133. The van der Waals surface area contributed by atoms with Gasteiger partial charge in [-0.3, -0.25) is 4.79 Å². The Kier molecular flexibility index (Phi) is 3.66. The van der Waals surface area contributed by atoms with E-state index in [1.807, 2.05) is 6.92 Å². The first-order valence-electron chi connectivity index (χ1n) is 6.22. The lowest BCUT2D eigenvalue weighted by molar-refractivity contribution is 0.102. The van der Waals surface area contributed by atoms with E-state index in [2.05, 4.69) is 5.32 Å². The number of nitrogens with one attached hydrogen (secondary N) is 1. The molecular weight excluding hydrogens is 313 g/mol. The lowest BCUT2D eigenvalue weighted by Crippen LogP contribution is -2.12. The Hall–Kier alpha value is -1.91. The van der Waals surface area contributed by atoms with Gasteiger partial charge in [0.15, 0.2) is 11.5 Å². The number of rotatable bonds is 2. The van der Waals surface area contributed by atoms with Gasteiger partial charge in [-0.15, -0.1) is 0 Å². The number of carbonyl (C=O) groups excluding carboxylic acids is 1. The number of hydrogen-bond acceptors (Lipinski definition) is 3. The van der Waals surface area contributed by atoms with E-state index in [-0.39, 0.29) is 12.7 Å². The second-order valence-electron chi connectivity index (χ2n) is 4.56. The zero-order valence-electron chi connectivity index (χ0n) is 11.1. The molecule has 0 aliphatic carbocycles. The van der Waals surface area contributed by atoms with E-state index in [9.17, 15) is 4.79 Å². The highest BCUT2D eigenvalue weighted by atomic mass is 35.5. The maximum Gasteiger partial charge on any atom is 0.255 e. The van der Waals surface area contributed by atoms with Gasteiger partial charge in [-0.05, 0) is 36.8 Å². The number of halogens is 2. The minimum atomic E-state index is -0.291. The van der Waals surface area contributed by atoms with E-state index < -0.39 is 0 Å². The van der Waals surface area contributed by atoms with E-state index in [4.69, 9.17) is 32.7 Å². The first-order valence-corrected chi connectivity index (χ1v) is 6.97. The number of amides is 1. The number of carbonyl (C=O) groups is 1. The third-order valence-electron chi connectivity index (χ3n) is 3.21. The Morgan fingerprint density at radius 1 is 1.19 bits per heavy atom. The zero-order valence-corrected chi connectivity index (χ0v) is 12.6. The number of ether oxygens (including phenoxy) is 2. The molecule has 21 heavy (non-hydrogen) atoms. The average Bonchev–Trinajstić information content (AvgIpc) is 2.92. The quantitative estimate of drug-likeness (QED) is 0.897. The van der Waals surface area contributed by atoms with E-state index in [1.165, 1.54) is 0 Å². The van der Waals surface area contributed by atoms with Crippen LogP contribution >= 0.6 is 23.2 Å². The van der Waals surface area contributed by atoms with Gasteiger partial charge in [0.1, 0.15) is 0 Å². The van der Waals surface area contributed by atoms with Gasteiger partial charge < -0.3 is 14.8 Å². The maximum atomic E-state index is 12.3. The molecule has 1 amide bonds. The first kappa shape index (κ1) is 14.0. The summed E-state index contributed by atoms with van der Waals surface area (Å²) in [5.41, 5.74) is 1.85. The molecule has 2 aromatic rings. The van der Waals surface area contributed by atoms with Crippen molar-refractivity contribution in [3.63, 3.8) is 0 Å². The van der Waals surface area contributed by atoms with Crippen LogP contribution in [0.5, 0.6) is 11.5 Å². The van der Waals surface area contributed by atoms with Gasteiger partial charge in [0.2, 0.25) is 6.79 Å². The van der Waals surface area contributed by atoms with Crippen molar-refractivity contribution >= 4 is 34.8 Å². The molecule has 0 spiro atoms. The molecule has 0 fully saturated rings. The van der Waals surface area contributed by atoms with Gasteiger partial charge in [-0.1, -0.05) is 29.3 Å². The first-order chi connectivity index (χ1) is 10.1. The molecular formula is C15H11Cl2NO3. The van der Waals surface area contributed by atoms with Crippen molar-refractivity contribution < 1.29 is 14.3 Å². The SMILES string of the molecule is Cc1c(Cl)cccc1NC(=O)c1cc(Cl)c2c(c1)OCO2. The van der Waals surface area contributed by atoms with Crippen LogP contribution in [0.2, 0.25) is 10.0 Å². The number of benzene rings is 2. The minimum Gasteiger partial charge on any atom is -0.454 e. The van der Waals surface area contributed by atoms with Crippen molar-refractivity contribution in [1.29, 1.82) is 0 Å². The summed E-state index contributed by atoms with van der Waals surface area (Å²) in [5.74, 6) is 0.642. The molecule has 2 aromatic carbocycles.